The molecule has 2 N–H and O–H groups in total. The minimum Gasteiger partial charge on any atom is -0.322 e. The number of rotatable bonds is 7. The predicted molar refractivity (Wildman–Crippen MR) is 111 cm³/mol. The highest BCUT2D eigenvalue weighted by Gasteiger charge is 2.48. The standard InChI is InChI=1S/C21H23N3O5S/c1-21(13-12-15-6-4-3-5-7-15)19(26)24(20(27)22-21)23-18(25)17-10-8-16(9-11-17)14-30(2,28)29/h3-11H,12-14H2,1-2H3,(H,22,27)(H,23,25)/t21-/m0/s1. The second-order valence-electron chi connectivity index (χ2n) is 7.60. The zero-order chi connectivity index (χ0) is 21.9. The Morgan fingerprint density at radius 1 is 1.03 bits per heavy atom. The highest BCUT2D eigenvalue weighted by atomic mass is 32.2. The lowest BCUT2D eigenvalue weighted by atomic mass is 9.93. The Bertz CT molecular complexity index is 1070. The van der Waals surface area contributed by atoms with Crippen LogP contribution in [0.25, 0.3) is 0 Å². The maximum Gasteiger partial charge on any atom is 0.344 e. The fraction of sp³-hybridized carbons (Fsp3) is 0.286. The molecular weight excluding hydrogens is 406 g/mol. The number of carbonyl (C=O) groups is 3. The molecule has 9 heteroatoms. The smallest absolute Gasteiger partial charge is 0.322 e. The Labute approximate surface area is 175 Å². The van der Waals surface area contributed by atoms with Crippen molar-refractivity contribution in [3.05, 3.63) is 71.3 Å². The Morgan fingerprint density at radius 3 is 2.27 bits per heavy atom. The monoisotopic (exact) mass is 429 g/mol. The number of nitrogens with one attached hydrogen (secondary N) is 2. The van der Waals surface area contributed by atoms with Gasteiger partial charge in [-0.3, -0.25) is 15.0 Å². The van der Waals surface area contributed by atoms with Gasteiger partial charge in [-0.2, -0.15) is 5.01 Å². The van der Waals surface area contributed by atoms with E-state index >= 15 is 0 Å². The van der Waals surface area contributed by atoms with Crippen molar-refractivity contribution in [2.24, 2.45) is 0 Å². The first-order chi connectivity index (χ1) is 14.1. The van der Waals surface area contributed by atoms with Crippen molar-refractivity contribution in [1.82, 2.24) is 15.8 Å². The number of benzene rings is 2. The van der Waals surface area contributed by atoms with Crippen molar-refractivity contribution in [3.63, 3.8) is 0 Å². The van der Waals surface area contributed by atoms with E-state index in [2.05, 4.69) is 10.7 Å². The fourth-order valence-electron chi connectivity index (χ4n) is 3.22. The molecule has 1 saturated heterocycles. The van der Waals surface area contributed by atoms with E-state index in [1.165, 1.54) is 24.3 Å². The molecule has 1 fully saturated rings. The van der Waals surface area contributed by atoms with Crippen LogP contribution >= 0.6 is 0 Å². The number of carbonyl (C=O) groups excluding carboxylic acids is 3. The van der Waals surface area contributed by atoms with Crippen LogP contribution in [0.4, 0.5) is 4.79 Å². The molecule has 2 aromatic rings. The maximum absolute atomic E-state index is 12.8. The lowest BCUT2D eigenvalue weighted by Crippen LogP contribution is -2.48. The maximum atomic E-state index is 12.8. The van der Waals surface area contributed by atoms with Gasteiger partial charge in [-0.25, -0.2) is 13.2 Å². The fourth-order valence-corrected chi connectivity index (χ4v) is 4.01. The average molecular weight is 429 g/mol. The van der Waals surface area contributed by atoms with Crippen LogP contribution in [0.3, 0.4) is 0 Å². The molecule has 1 heterocycles. The van der Waals surface area contributed by atoms with Crippen LogP contribution < -0.4 is 10.7 Å². The molecule has 0 unspecified atom stereocenters. The summed E-state index contributed by atoms with van der Waals surface area (Å²) in [6.45, 7) is 1.63. The molecule has 0 aromatic heterocycles. The Morgan fingerprint density at radius 2 is 1.67 bits per heavy atom. The van der Waals surface area contributed by atoms with E-state index in [-0.39, 0.29) is 11.3 Å². The number of aryl methyl sites for hydroxylation is 1. The minimum atomic E-state index is -3.19. The largest absolute Gasteiger partial charge is 0.344 e. The summed E-state index contributed by atoms with van der Waals surface area (Å²) in [6, 6.07) is 14.8. The number of imide groups is 1. The Hall–Kier alpha value is -3.20. The van der Waals surface area contributed by atoms with Gasteiger partial charge >= 0.3 is 6.03 Å². The van der Waals surface area contributed by atoms with Crippen LogP contribution in [0.1, 0.15) is 34.8 Å². The molecule has 0 saturated carbocycles. The first kappa shape index (κ1) is 21.5. The molecule has 1 aliphatic heterocycles. The van der Waals surface area contributed by atoms with Crippen LogP contribution in [-0.2, 0) is 26.8 Å². The minimum absolute atomic E-state index is 0.137. The van der Waals surface area contributed by atoms with Crippen molar-refractivity contribution in [2.75, 3.05) is 6.26 Å². The van der Waals surface area contributed by atoms with Crippen LogP contribution in [0, 0.1) is 0 Å². The molecule has 1 aliphatic rings. The molecule has 0 radical (unpaired) electrons. The van der Waals surface area contributed by atoms with Crippen molar-refractivity contribution in [1.29, 1.82) is 0 Å². The number of hydrazine groups is 1. The second kappa shape index (κ2) is 8.27. The summed E-state index contributed by atoms with van der Waals surface area (Å²) in [5.74, 6) is -1.32. The summed E-state index contributed by atoms with van der Waals surface area (Å²) in [5, 5.41) is 3.34. The number of amides is 4. The predicted octanol–water partition coefficient (Wildman–Crippen LogP) is 1.82. The summed E-state index contributed by atoms with van der Waals surface area (Å²) in [4.78, 5) is 37.6. The van der Waals surface area contributed by atoms with E-state index in [0.717, 1.165) is 11.8 Å². The second-order valence-corrected chi connectivity index (χ2v) is 9.74. The average Bonchev–Trinajstić information content (AvgIpc) is 2.90. The first-order valence-electron chi connectivity index (χ1n) is 9.36. The number of nitrogens with zero attached hydrogens (tertiary/aromatic N) is 1. The van der Waals surface area contributed by atoms with Crippen molar-refractivity contribution in [3.8, 4) is 0 Å². The highest BCUT2D eigenvalue weighted by molar-refractivity contribution is 7.89. The zero-order valence-corrected chi connectivity index (χ0v) is 17.5. The Kier molecular flexibility index (Phi) is 5.93. The molecular formula is C21H23N3O5S. The van der Waals surface area contributed by atoms with E-state index in [4.69, 9.17) is 0 Å². The molecule has 0 bridgehead atoms. The summed E-state index contributed by atoms with van der Waals surface area (Å²) in [6.07, 6.45) is 2.10. The van der Waals surface area contributed by atoms with Gasteiger partial charge in [-0.1, -0.05) is 42.5 Å². The lowest BCUT2D eigenvalue weighted by Gasteiger charge is -2.21. The van der Waals surface area contributed by atoms with E-state index in [0.29, 0.717) is 23.4 Å². The van der Waals surface area contributed by atoms with Crippen LogP contribution in [0.15, 0.2) is 54.6 Å². The quantitative estimate of drug-likeness (QED) is 0.652. The van der Waals surface area contributed by atoms with E-state index in [1.807, 2.05) is 30.3 Å². The summed E-state index contributed by atoms with van der Waals surface area (Å²) < 4.78 is 22.7. The first-order valence-corrected chi connectivity index (χ1v) is 11.4. The molecule has 4 amide bonds. The zero-order valence-electron chi connectivity index (χ0n) is 16.7. The normalized spacial score (nSPS) is 18.9. The van der Waals surface area contributed by atoms with Gasteiger partial charge in [0.2, 0.25) is 0 Å². The Balaban J connectivity index is 1.65. The highest BCUT2D eigenvalue weighted by Crippen LogP contribution is 2.22. The van der Waals surface area contributed by atoms with Gasteiger partial charge in [-0.15, -0.1) is 0 Å². The number of hydrogen-bond donors (Lipinski definition) is 2. The van der Waals surface area contributed by atoms with Gasteiger partial charge in [0.05, 0.1) is 5.75 Å². The topological polar surface area (TPSA) is 113 Å². The third-order valence-electron chi connectivity index (χ3n) is 4.88. The molecule has 3 rings (SSSR count). The summed E-state index contributed by atoms with van der Waals surface area (Å²) in [5.41, 5.74) is 2.98. The number of urea groups is 1. The van der Waals surface area contributed by atoms with E-state index in [1.54, 1.807) is 6.92 Å². The van der Waals surface area contributed by atoms with E-state index < -0.39 is 33.2 Å². The third-order valence-corrected chi connectivity index (χ3v) is 5.73. The van der Waals surface area contributed by atoms with Crippen LogP contribution in [0.5, 0.6) is 0 Å². The van der Waals surface area contributed by atoms with Gasteiger partial charge in [0, 0.05) is 11.8 Å². The van der Waals surface area contributed by atoms with Gasteiger partial charge in [-0.05, 0) is 43.0 Å². The van der Waals surface area contributed by atoms with E-state index in [9.17, 15) is 22.8 Å². The van der Waals surface area contributed by atoms with Gasteiger partial charge in [0.1, 0.15) is 5.54 Å². The van der Waals surface area contributed by atoms with Crippen molar-refractivity contribution < 1.29 is 22.8 Å². The molecule has 2 aromatic carbocycles. The molecule has 0 spiro atoms. The van der Waals surface area contributed by atoms with Crippen LogP contribution in [-0.4, -0.2) is 43.1 Å². The SMILES string of the molecule is C[C@@]1(CCc2ccccc2)NC(=O)N(NC(=O)c2ccc(CS(C)(=O)=O)cc2)C1=O. The summed E-state index contributed by atoms with van der Waals surface area (Å²) >= 11 is 0. The molecule has 0 aliphatic carbocycles. The van der Waals surface area contributed by atoms with Crippen molar-refractivity contribution >= 4 is 27.7 Å². The molecule has 8 nitrogen and oxygen atoms in total. The lowest BCUT2D eigenvalue weighted by molar-refractivity contribution is -0.132. The van der Waals surface area contributed by atoms with Gasteiger partial charge in [0.15, 0.2) is 9.84 Å². The molecule has 30 heavy (non-hydrogen) atoms. The van der Waals surface area contributed by atoms with Crippen molar-refractivity contribution in [2.45, 2.75) is 31.1 Å². The number of hydrogen-bond acceptors (Lipinski definition) is 5. The number of sulfone groups is 1. The van der Waals surface area contributed by atoms with Gasteiger partial charge in [0.25, 0.3) is 11.8 Å². The van der Waals surface area contributed by atoms with Gasteiger partial charge < -0.3 is 5.32 Å². The summed E-state index contributed by atoms with van der Waals surface area (Å²) in [7, 11) is -3.19. The third kappa shape index (κ3) is 5.04. The van der Waals surface area contributed by atoms with Crippen LogP contribution in [0.2, 0.25) is 0 Å². The molecule has 1 atom stereocenters. The molecule has 158 valence electrons.